The van der Waals surface area contributed by atoms with E-state index in [1.807, 2.05) is 12.1 Å². The van der Waals surface area contributed by atoms with Crippen molar-refractivity contribution in [3.8, 4) is 0 Å². The summed E-state index contributed by atoms with van der Waals surface area (Å²) in [6, 6.07) is 14.2. The molecule has 0 spiro atoms. The number of amides is 2. The molecule has 0 aliphatic carbocycles. The van der Waals surface area contributed by atoms with E-state index in [9.17, 15) is 23.5 Å². The zero-order chi connectivity index (χ0) is 23.4. The molecule has 4 rings (SSSR count). The van der Waals surface area contributed by atoms with E-state index in [1.165, 1.54) is 11.1 Å². The standard InChI is InChI=1S/C25H29F2N3O3/c26-23(27)16-9-11-30(12-10-16)25(33)18-7-5-17(6-8-18)24(32)29-15-22(31)21-13-19-3-1-2-4-20(19)14-28-21/h1-8,16,21-23,28,31H,9-15H2,(H,29,32)/t21-,22+/m0/s1. The van der Waals surface area contributed by atoms with E-state index >= 15 is 0 Å². The van der Waals surface area contributed by atoms with Crippen LogP contribution < -0.4 is 10.6 Å². The highest BCUT2D eigenvalue weighted by atomic mass is 19.3. The minimum Gasteiger partial charge on any atom is -0.390 e. The van der Waals surface area contributed by atoms with Crippen molar-refractivity contribution >= 4 is 11.8 Å². The van der Waals surface area contributed by atoms with E-state index in [2.05, 4.69) is 22.8 Å². The number of nitrogens with zero attached hydrogens (tertiary/aromatic N) is 1. The van der Waals surface area contributed by atoms with Crippen LogP contribution in [0.4, 0.5) is 8.78 Å². The molecule has 33 heavy (non-hydrogen) atoms. The molecule has 0 unspecified atom stereocenters. The molecule has 0 saturated carbocycles. The van der Waals surface area contributed by atoms with E-state index in [4.69, 9.17) is 0 Å². The molecule has 2 aromatic carbocycles. The van der Waals surface area contributed by atoms with Crippen LogP contribution in [0, 0.1) is 5.92 Å². The van der Waals surface area contributed by atoms with Crippen LogP contribution in [-0.2, 0) is 13.0 Å². The molecule has 176 valence electrons. The van der Waals surface area contributed by atoms with Gasteiger partial charge in [-0.3, -0.25) is 9.59 Å². The summed E-state index contributed by atoms with van der Waals surface area (Å²) in [7, 11) is 0. The fourth-order valence-corrected chi connectivity index (χ4v) is 4.49. The molecule has 2 aromatic rings. The summed E-state index contributed by atoms with van der Waals surface area (Å²) in [4.78, 5) is 26.7. The molecule has 1 fully saturated rings. The predicted molar refractivity (Wildman–Crippen MR) is 120 cm³/mol. The van der Waals surface area contributed by atoms with Crippen molar-refractivity contribution in [2.24, 2.45) is 5.92 Å². The maximum Gasteiger partial charge on any atom is 0.253 e. The summed E-state index contributed by atoms with van der Waals surface area (Å²) < 4.78 is 25.6. The van der Waals surface area contributed by atoms with Crippen molar-refractivity contribution in [3.05, 3.63) is 70.8 Å². The number of fused-ring (bicyclic) bond motifs is 1. The van der Waals surface area contributed by atoms with Gasteiger partial charge in [0.15, 0.2) is 0 Å². The number of alkyl halides is 2. The Bertz CT molecular complexity index is 975. The SMILES string of the molecule is O=C(NC[C@@H](O)[C@@H]1Cc2ccccc2CN1)c1ccc(C(=O)N2CCC(C(F)F)CC2)cc1. The van der Waals surface area contributed by atoms with Crippen LogP contribution in [0.5, 0.6) is 0 Å². The lowest BCUT2D eigenvalue weighted by atomic mass is 9.93. The summed E-state index contributed by atoms with van der Waals surface area (Å²) in [6.07, 6.45) is -1.79. The van der Waals surface area contributed by atoms with Crippen LogP contribution in [0.15, 0.2) is 48.5 Å². The molecule has 0 aromatic heterocycles. The van der Waals surface area contributed by atoms with Gasteiger partial charge in [0.1, 0.15) is 0 Å². The molecule has 2 aliphatic heterocycles. The van der Waals surface area contributed by atoms with E-state index in [1.54, 1.807) is 29.2 Å². The molecular weight excluding hydrogens is 428 g/mol. The Hall–Kier alpha value is -2.84. The number of rotatable bonds is 6. The maximum absolute atomic E-state index is 12.8. The first-order chi connectivity index (χ1) is 15.9. The van der Waals surface area contributed by atoms with Crippen molar-refractivity contribution in [1.29, 1.82) is 0 Å². The highest BCUT2D eigenvalue weighted by molar-refractivity contribution is 5.97. The highest BCUT2D eigenvalue weighted by Gasteiger charge is 2.29. The van der Waals surface area contributed by atoms with Gasteiger partial charge in [0, 0.05) is 49.3 Å². The molecule has 2 amide bonds. The summed E-state index contributed by atoms with van der Waals surface area (Å²) >= 11 is 0. The number of likely N-dealkylation sites (tertiary alicyclic amines) is 1. The van der Waals surface area contributed by atoms with E-state index in [-0.39, 0.29) is 24.4 Å². The van der Waals surface area contributed by atoms with Gasteiger partial charge in [0.2, 0.25) is 6.43 Å². The Morgan fingerprint density at radius 3 is 2.33 bits per heavy atom. The van der Waals surface area contributed by atoms with Gasteiger partial charge in [-0.1, -0.05) is 24.3 Å². The minimum atomic E-state index is -2.34. The number of carbonyl (C=O) groups is 2. The number of benzene rings is 2. The Morgan fingerprint density at radius 1 is 1.03 bits per heavy atom. The molecular formula is C25H29F2N3O3. The van der Waals surface area contributed by atoms with Gasteiger partial charge in [-0.15, -0.1) is 0 Å². The number of piperidine rings is 1. The molecule has 1 saturated heterocycles. The van der Waals surface area contributed by atoms with E-state index < -0.39 is 18.4 Å². The number of aliphatic hydroxyl groups is 1. The number of hydrogen-bond donors (Lipinski definition) is 3. The summed E-state index contributed by atoms with van der Waals surface area (Å²) in [5.74, 6) is -1.19. The zero-order valence-electron chi connectivity index (χ0n) is 18.3. The molecule has 2 atom stereocenters. The summed E-state index contributed by atoms with van der Waals surface area (Å²) in [5, 5.41) is 16.6. The van der Waals surface area contributed by atoms with Crippen molar-refractivity contribution in [2.45, 2.75) is 44.4 Å². The monoisotopic (exact) mass is 457 g/mol. The number of aliphatic hydroxyl groups excluding tert-OH is 1. The van der Waals surface area contributed by atoms with E-state index in [0.29, 0.717) is 50.0 Å². The molecule has 2 aliphatic rings. The third kappa shape index (κ3) is 5.57. The van der Waals surface area contributed by atoms with Gasteiger partial charge in [-0.05, 0) is 54.7 Å². The van der Waals surface area contributed by atoms with Crippen molar-refractivity contribution in [1.82, 2.24) is 15.5 Å². The predicted octanol–water partition coefficient (Wildman–Crippen LogP) is 2.61. The summed E-state index contributed by atoms with van der Waals surface area (Å²) in [6.45, 7) is 1.42. The van der Waals surface area contributed by atoms with Crippen LogP contribution in [-0.4, -0.2) is 60.0 Å². The lowest BCUT2D eigenvalue weighted by Gasteiger charge is -2.31. The second-order valence-corrected chi connectivity index (χ2v) is 8.78. The Kier molecular flexibility index (Phi) is 7.35. The van der Waals surface area contributed by atoms with Gasteiger partial charge < -0.3 is 20.6 Å². The third-order valence-electron chi connectivity index (χ3n) is 6.63. The second-order valence-electron chi connectivity index (χ2n) is 8.78. The molecule has 6 nitrogen and oxygen atoms in total. The first-order valence-electron chi connectivity index (χ1n) is 11.4. The Balaban J connectivity index is 1.27. The van der Waals surface area contributed by atoms with Crippen LogP contribution in [0.3, 0.4) is 0 Å². The number of halogens is 2. The van der Waals surface area contributed by atoms with Gasteiger partial charge in [0.05, 0.1) is 6.10 Å². The second kappa shape index (κ2) is 10.4. The fraction of sp³-hybridized carbons (Fsp3) is 0.440. The zero-order valence-corrected chi connectivity index (χ0v) is 18.3. The Labute approximate surface area is 192 Å². The molecule has 0 bridgehead atoms. The smallest absolute Gasteiger partial charge is 0.253 e. The third-order valence-corrected chi connectivity index (χ3v) is 6.63. The van der Waals surface area contributed by atoms with E-state index in [0.717, 1.165) is 0 Å². The lowest BCUT2D eigenvalue weighted by molar-refractivity contribution is 0.0311. The van der Waals surface area contributed by atoms with Gasteiger partial charge in [-0.2, -0.15) is 0 Å². The van der Waals surface area contributed by atoms with Gasteiger partial charge in [-0.25, -0.2) is 8.78 Å². The molecule has 3 N–H and O–H groups in total. The van der Waals surface area contributed by atoms with Gasteiger partial charge in [0.25, 0.3) is 11.8 Å². The van der Waals surface area contributed by atoms with Crippen molar-refractivity contribution in [2.75, 3.05) is 19.6 Å². The first kappa shape index (κ1) is 23.3. The minimum absolute atomic E-state index is 0.110. The van der Waals surface area contributed by atoms with Gasteiger partial charge >= 0.3 is 0 Å². The molecule has 8 heteroatoms. The highest BCUT2D eigenvalue weighted by Crippen LogP contribution is 2.24. The first-order valence-corrected chi connectivity index (χ1v) is 11.4. The maximum atomic E-state index is 12.8. The van der Waals surface area contributed by atoms with Crippen LogP contribution in [0.2, 0.25) is 0 Å². The van der Waals surface area contributed by atoms with Crippen molar-refractivity contribution in [3.63, 3.8) is 0 Å². The average molecular weight is 458 g/mol. The Morgan fingerprint density at radius 2 is 1.67 bits per heavy atom. The molecule has 0 radical (unpaired) electrons. The number of hydrogen-bond acceptors (Lipinski definition) is 4. The largest absolute Gasteiger partial charge is 0.390 e. The fourth-order valence-electron chi connectivity index (χ4n) is 4.49. The van der Waals surface area contributed by atoms with Crippen molar-refractivity contribution < 1.29 is 23.5 Å². The lowest BCUT2D eigenvalue weighted by Crippen LogP contribution is -2.49. The normalized spacial score (nSPS) is 19.8. The van der Waals surface area contributed by atoms with Crippen LogP contribution >= 0.6 is 0 Å². The number of carbonyl (C=O) groups excluding carboxylic acids is 2. The quantitative estimate of drug-likeness (QED) is 0.623. The summed E-state index contributed by atoms with van der Waals surface area (Å²) in [5.41, 5.74) is 3.23. The molecule has 2 heterocycles. The topological polar surface area (TPSA) is 81.7 Å². The van der Waals surface area contributed by atoms with Crippen LogP contribution in [0.25, 0.3) is 0 Å². The van der Waals surface area contributed by atoms with Crippen LogP contribution in [0.1, 0.15) is 44.7 Å². The number of nitrogens with one attached hydrogen (secondary N) is 2. The average Bonchev–Trinajstić information content (AvgIpc) is 2.86.